The molecule has 1 aromatic carbocycles. The first-order valence-corrected chi connectivity index (χ1v) is 3.98. The van der Waals surface area contributed by atoms with E-state index in [9.17, 15) is 8.78 Å². The highest BCUT2D eigenvalue weighted by molar-refractivity contribution is 9.10. The maximum absolute atomic E-state index is 13.0. The van der Waals surface area contributed by atoms with E-state index in [1.165, 1.54) is 13.1 Å². The molecule has 0 saturated heterocycles. The third-order valence-corrected chi connectivity index (χ3v) is 2.02. The van der Waals surface area contributed by atoms with E-state index in [0.29, 0.717) is 0 Å². The van der Waals surface area contributed by atoms with Gasteiger partial charge in [0.15, 0.2) is 11.6 Å². The average Bonchev–Trinajstić information content (AvgIpc) is 2.01. The zero-order chi connectivity index (χ0) is 9.30. The highest BCUT2D eigenvalue weighted by atomic mass is 79.9. The highest BCUT2D eigenvalue weighted by Gasteiger charge is 2.14. The first-order valence-electron chi connectivity index (χ1n) is 3.18. The quantitative estimate of drug-likeness (QED) is 0.581. The van der Waals surface area contributed by atoms with Crippen LogP contribution in [0.4, 0.5) is 20.2 Å². The Balaban J connectivity index is 3.40. The molecule has 2 nitrogen and oxygen atoms in total. The number of benzene rings is 1. The summed E-state index contributed by atoms with van der Waals surface area (Å²) in [6.07, 6.45) is 0. The summed E-state index contributed by atoms with van der Waals surface area (Å²) in [5.74, 6) is -1.90. The Morgan fingerprint density at radius 3 is 2.50 bits per heavy atom. The van der Waals surface area contributed by atoms with Crippen LogP contribution in [0, 0.1) is 11.6 Å². The molecule has 12 heavy (non-hydrogen) atoms. The van der Waals surface area contributed by atoms with E-state index in [2.05, 4.69) is 21.2 Å². The Hall–Kier alpha value is -0.840. The van der Waals surface area contributed by atoms with Crippen molar-refractivity contribution in [2.45, 2.75) is 0 Å². The van der Waals surface area contributed by atoms with Crippen molar-refractivity contribution in [2.24, 2.45) is 0 Å². The Morgan fingerprint density at radius 2 is 2.00 bits per heavy atom. The smallest absolute Gasteiger partial charge is 0.185 e. The molecule has 0 bridgehead atoms. The lowest BCUT2D eigenvalue weighted by Gasteiger charge is -2.07. The van der Waals surface area contributed by atoms with Crippen molar-refractivity contribution in [3.05, 3.63) is 22.2 Å². The Labute approximate surface area is 76.9 Å². The van der Waals surface area contributed by atoms with E-state index in [-0.39, 0.29) is 15.8 Å². The molecule has 0 aromatic heterocycles. The summed E-state index contributed by atoms with van der Waals surface area (Å²) < 4.78 is 25.8. The van der Waals surface area contributed by atoms with E-state index >= 15 is 0 Å². The van der Waals surface area contributed by atoms with Gasteiger partial charge in [-0.1, -0.05) is 0 Å². The molecule has 0 aliphatic carbocycles. The van der Waals surface area contributed by atoms with Gasteiger partial charge in [0, 0.05) is 7.05 Å². The van der Waals surface area contributed by atoms with Gasteiger partial charge in [0.25, 0.3) is 0 Å². The number of hydrogen-bond donors (Lipinski definition) is 2. The number of anilines is 2. The molecule has 66 valence electrons. The van der Waals surface area contributed by atoms with E-state index in [1.54, 1.807) is 0 Å². The molecule has 3 N–H and O–H groups in total. The van der Waals surface area contributed by atoms with E-state index in [4.69, 9.17) is 5.73 Å². The molecule has 0 radical (unpaired) electrons. The molecule has 0 aliphatic rings. The minimum Gasteiger partial charge on any atom is -0.397 e. The summed E-state index contributed by atoms with van der Waals surface area (Å²) in [7, 11) is 1.47. The Bertz CT molecular complexity index is 315. The zero-order valence-electron chi connectivity index (χ0n) is 6.29. The van der Waals surface area contributed by atoms with Crippen LogP contribution < -0.4 is 11.1 Å². The minimum absolute atomic E-state index is 0.0179. The van der Waals surface area contributed by atoms with Crippen molar-refractivity contribution >= 4 is 27.3 Å². The third-order valence-electron chi connectivity index (χ3n) is 1.44. The van der Waals surface area contributed by atoms with Gasteiger partial charge in [0.1, 0.15) is 0 Å². The molecule has 0 saturated carbocycles. The fraction of sp³-hybridized carbons (Fsp3) is 0.143. The van der Waals surface area contributed by atoms with Gasteiger partial charge in [-0.15, -0.1) is 0 Å². The molecule has 0 fully saturated rings. The second-order valence-corrected chi connectivity index (χ2v) is 3.05. The summed E-state index contributed by atoms with van der Waals surface area (Å²) in [5.41, 5.74) is 5.55. The topological polar surface area (TPSA) is 38.0 Å². The number of hydrogen-bond acceptors (Lipinski definition) is 2. The lowest BCUT2D eigenvalue weighted by Crippen LogP contribution is -2.01. The second-order valence-electron chi connectivity index (χ2n) is 2.20. The largest absolute Gasteiger partial charge is 0.397 e. The van der Waals surface area contributed by atoms with Gasteiger partial charge in [-0.25, -0.2) is 8.78 Å². The second kappa shape index (κ2) is 3.26. The average molecular weight is 237 g/mol. The van der Waals surface area contributed by atoms with Crippen LogP contribution in [0.15, 0.2) is 10.5 Å². The van der Waals surface area contributed by atoms with Crippen molar-refractivity contribution in [1.82, 2.24) is 0 Å². The number of halogens is 3. The highest BCUT2D eigenvalue weighted by Crippen LogP contribution is 2.29. The molecular formula is C7H7BrF2N2. The third kappa shape index (κ3) is 1.36. The fourth-order valence-corrected chi connectivity index (χ4v) is 1.29. The van der Waals surface area contributed by atoms with Crippen LogP contribution in [-0.2, 0) is 0 Å². The molecule has 0 spiro atoms. The number of nitrogen functional groups attached to an aromatic ring is 1. The van der Waals surface area contributed by atoms with Gasteiger partial charge in [-0.05, 0) is 22.0 Å². The summed E-state index contributed by atoms with van der Waals surface area (Å²) in [4.78, 5) is 0. The van der Waals surface area contributed by atoms with Crippen molar-refractivity contribution in [2.75, 3.05) is 18.1 Å². The molecule has 0 amide bonds. The SMILES string of the molecule is CNc1c(N)cc(Br)c(F)c1F. The Kier molecular flexibility index (Phi) is 2.52. The van der Waals surface area contributed by atoms with Crippen LogP contribution in [0.1, 0.15) is 0 Å². The maximum Gasteiger partial charge on any atom is 0.185 e. The van der Waals surface area contributed by atoms with Crippen molar-refractivity contribution < 1.29 is 8.78 Å². The molecule has 1 aromatic rings. The van der Waals surface area contributed by atoms with Crippen molar-refractivity contribution in [3.63, 3.8) is 0 Å². The molecule has 5 heteroatoms. The molecule has 0 heterocycles. The van der Waals surface area contributed by atoms with Gasteiger partial charge >= 0.3 is 0 Å². The number of nitrogens with two attached hydrogens (primary N) is 1. The summed E-state index contributed by atoms with van der Waals surface area (Å²) in [6, 6.07) is 1.31. The van der Waals surface area contributed by atoms with Crippen LogP contribution in [-0.4, -0.2) is 7.05 Å². The lowest BCUT2D eigenvalue weighted by molar-refractivity contribution is 0.507. The fourth-order valence-electron chi connectivity index (χ4n) is 0.867. The normalized spacial score (nSPS) is 10.0. The van der Waals surface area contributed by atoms with Crippen molar-refractivity contribution in [3.8, 4) is 0 Å². The molecule has 0 aliphatic heterocycles. The summed E-state index contributed by atoms with van der Waals surface area (Å²) >= 11 is 2.84. The summed E-state index contributed by atoms with van der Waals surface area (Å²) in [6.45, 7) is 0. The van der Waals surface area contributed by atoms with Gasteiger partial charge in [-0.2, -0.15) is 0 Å². The van der Waals surface area contributed by atoms with Crippen LogP contribution in [0.3, 0.4) is 0 Å². The molecule has 0 atom stereocenters. The monoisotopic (exact) mass is 236 g/mol. The molecule has 0 unspecified atom stereocenters. The maximum atomic E-state index is 13.0. The van der Waals surface area contributed by atoms with Gasteiger partial charge in [0.2, 0.25) is 0 Å². The van der Waals surface area contributed by atoms with Gasteiger partial charge in [-0.3, -0.25) is 0 Å². The first kappa shape index (κ1) is 9.25. The lowest BCUT2D eigenvalue weighted by atomic mass is 10.2. The standard InChI is InChI=1S/C7H7BrF2N2/c1-12-7-4(11)2-3(8)5(9)6(7)10/h2,12H,11H2,1H3. The molecular weight excluding hydrogens is 230 g/mol. The predicted octanol–water partition coefficient (Wildman–Crippen LogP) is 2.35. The molecule has 1 rings (SSSR count). The van der Waals surface area contributed by atoms with E-state index in [0.717, 1.165) is 0 Å². The van der Waals surface area contributed by atoms with Crippen LogP contribution in [0.2, 0.25) is 0 Å². The van der Waals surface area contributed by atoms with Gasteiger partial charge in [0.05, 0.1) is 15.8 Å². The predicted molar refractivity (Wildman–Crippen MR) is 48.0 cm³/mol. The van der Waals surface area contributed by atoms with Crippen molar-refractivity contribution in [1.29, 1.82) is 0 Å². The van der Waals surface area contributed by atoms with Gasteiger partial charge < -0.3 is 11.1 Å². The van der Waals surface area contributed by atoms with E-state index < -0.39 is 11.6 Å². The van der Waals surface area contributed by atoms with Crippen LogP contribution in [0.5, 0.6) is 0 Å². The zero-order valence-corrected chi connectivity index (χ0v) is 7.87. The summed E-state index contributed by atoms with van der Waals surface area (Å²) in [5, 5.41) is 2.47. The number of nitrogens with one attached hydrogen (secondary N) is 1. The number of rotatable bonds is 1. The van der Waals surface area contributed by atoms with Crippen LogP contribution in [0.25, 0.3) is 0 Å². The first-order chi connectivity index (χ1) is 5.57. The van der Waals surface area contributed by atoms with Crippen LogP contribution >= 0.6 is 15.9 Å². The minimum atomic E-state index is -0.968. The van der Waals surface area contributed by atoms with E-state index in [1.807, 2.05) is 0 Å². The Morgan fingerprint density at radius 1 is 1.42 bits per heavy atom.